The Morgan fingerprint density at radius 3 is 2.54 bits per heavy atom. The Balaban J connectivity index is 1.42. The predicted molar refractivity (Wildman–Crippen MR) is 99.6 cm³/mol. The zero-order valence-electron chi connectivity index (χ0n) is 14.9. The van der Waals surface area contributed by atoms with Gasteiger partial charge in [0.05, 0.1) is 0 Å². The number of hydrogen-bond donors (Lipinski definition) is 3. The number of rotatable bonds is 6. The van der Waals surface area contributed by atoms with Crippen molar-refractivity contribution in [3.63, 3.8) is 0 Å². The van der Waals surface area contributed by atoms with Crippen molar-refractivity contribution >= 4 is 17.8 Å². The van der Waals surface area contributed by atoms with Gasteiger partial charge in [-0.1, -0.05) is 13.0 Å². The number of anilines is 2. The number of carbonyl (C=O) groups is 1. The van der Waals surface area contributed by atoms with Gasteiger partial charge in [-0.3, -0.25) is 5.43 Å². The van der Waals surface area contributed by atoms with Crippen LogP contribution in [-0.4, -0.2) is 58.6 Å². The third-order valence-corrected chi connectivity index (χ3v) is 4.26. The third-order valence-electron chi connectivity index (χ3n) is 4.26. The average molecular weight is 356 g/mol. The molecule has 2 aromatic rings. The quantitative estimate of drug-likeness (QED) is 0.660. The predicted octanol–water partition coefficient (Wildman–Crippen LogP) is 0.840. The lowest BCUT2D eigenvalue weighted by atomic mass is 10.2. The van der Waals surface area contributed by atoms with Crippen LogP contribution in [0.25, 0.3) is 0 Å². The Labute approximate surface area is 152 Å². The molecule has 2 aromatic heterocycles. The van der Waals surface area contributed by atoms with E-state index in [2.05, 4.69) is 47.8 Å². The highest BCUT2D eigenvalue weighted by Gasteiger charge is 2.16. The van der Waals surface area contributed by atoms with E-state index in [9.17, 15) is 4.79 Å². The van der Waals surface area contributed by atoms with Gasteiger partial charge >= 0.3 is 6.03 Å². The molecule has 1 fully saturated rings. The first-order valence-corrected chi connectivity index (χ1v) is 8.73. The fourth-order valence-electron chi connectivity index (χ4n) is 2.70. The van der Waals surface area contributed by atoms with Gasteiger partial charge in [0, 0.05) is 51.3 Å². The van der Waals surface area contributed by atoms with Crippen molar-refractivity contribution in [2.45, 2.75) is 13.5 Å². The SMILES string of the molecule is CCN1CCN(c2ccc(CNC(=O)NNc3ncccn3)cn2)CC1. The Hall–Kier alpha value is -2.94. The molecule has 0 unspecified atom stereocenters. The maximum absolute atomic E-state index is 11.8. The summed E-state index contributed by atoms with van der Waals surface area (Å²) in [6.07, 6.45) is 4.98. The zero-order valence-corrected chi connectivity index (χ0v) is 14.9. The number of hydrazine groups is 1. The lowest BCUT2D eigenvalue weighted by molar-refractivity contribution is 0.242. The van der Waals surface area contributed by atoms with Crippen molar-refractivity contribution in [3.05, 3.63) is 42.4 Å². The van der Waals surface area contributed by atoms with Gasteiger partial charge < -0.3 is 15.1 Å². The Morgan fingerprint density at radius 1 is 1.12 bits per heavy atom. The number of carbonyl (C=O) groups excluding carboxylic acids is 1. The van der Waals surface area contributed by atoms with Crippen LogP contribution >= 0.6 is 0 Å². The summed E-state index contributed by atoms with van der Waals surface area (Å²) >= 11 is 0. The summed E-state index contributed by atoms with van der Waals surface area (Å²) in [5.41, 5.74) is 6.05. The summed E-state index contributed by atoms with van der Waals surface area (Å²) in [6.45, 7) is 7.80. The molecule has 3 N–H and O–H groups in total. The topological polar surface area (TPSA) is 98.3 Å². The smallest absolute Gasteiger partial charge is 0.333 e. The molecule has 138 valence electrons. The van der Waals surface area contributed by atoms with Crippen LogP contribution in [0.2, 0.25) is 0 Å². The van der Waals surface area contributed by atoms with E-state index in [1.807, 2.05) is 12.1 Å². The second-order valence-electron chi connectivity index (χ2n) is 5.95. The maximum Gasteiger partial charge on any atom is 0.333 e. The molecule has 0 radical (unpaired) electrons. The van der Waals surface area contributed by atoms with E-state index < -0.39 is 0 Å². The van der Waals surface area contributed by atoms with E-state index in [0.29, 0.717) is 12.5 Å². The van der Waals surface area contributed by atoms with Gasteiger partial charge in [0.15, 0.2) is 0 Å². The second-order valence-corrected chi connectivity index (χ2v) is 5.95. The van der Waals surface area contributed by atoms with E-state index in [4.69, 9.17) is 0 Å². The summed E-state index contributed by atoms with van der Waals surface area (Å²) in [7, 11) is 0. The molecule has 9 heteroatoms. The number of urea groups is 1. The van der Waals surface area contributed by atoms with Gasteiger partial charge in [0.1, 0.15) is 5.82 Å². The van der Waals surface area contributed by atoms with Crippen molar-refractivity contribution < 1.29 is 4.79 Å². The van der Waals surface area contributed by atoms with Gasteiger partial charge in [0.25, 0.3) is 0 Å². The second kappa shape index (κ2) is 8.95. The van der Waals surface area contributed by atoms with Gasteiger partial charge in [-0.15, -0.1) is 0 Å². The minimum Gasteiger partial charge on any atom is -0.354 e. The molecule has 1 saturated heterocycles. The van der Waals surface area contributed by atoms with Gasteiger partial charge in [-0.05, 0) is 24.2 Å². The molecule has 0 saturated carbocycles. The van der Waals surface area contributed by atoms with Crippen LogP contribution in [0.1, 0.15) is 12.5 Å². The Bertz CT molecular complexity index is 686. The normalized spacial score (nSPS) is 14.7. The molecule has 0 aromatic carbocycles. The van der Waals surface area contributed by atoms with E-state index in [1.54, 1.807) is 24.7 Å². The number of piperazine rings is 1. The van der Waals surface area contributed by atoms with Gasteiger partial charge in [-0.25, -0.2) is 25.2 Å². The molecular weight excluding hydrogens is 332 g/mol. The minimum atomic E-state index is -0.364. The van der Waals surface area contributed by atoms with E-state index in [1.165, 1.54) is 0 Å². The molecule has 9 nitrogen and oxygen atoms in total. The number of likely N-dealkylation sites (N-methyl/N-ethyl adjacent to an activating group) is 1. The Morgan fingerprint density at radius 2 is 1.88 bits per heavy atom. The van der Waals surface area contributed by atoms with Crippen molar-refractivity contribution in [2.24, 2.45) is 0 Å². The molecule has 26 heavy (non-hydrogen) atoms. The van der Waals surface area contributed by atoms with Gasteiger partial charge in [-0.2, -0.15) is 0 Å². The number of pyridine rings is 1. The first-order chi connectivity index (χ1) is 12.7. The van der Waals surface area contributed by atoms with Gasteiger partial charge in [0.2, 0.25) is 5.95 Å². The monoisotopic (exact) mass is 356 g/mol. The third kappa shape index (κ3) is 5.03. The molecule has 2 amide bonds. The fourth-order valence-corrected chi connectivity index (χ4v) is 2.70. The van der Waals surface area contributed by atoms with E-state index in [-0.39, 0.29) is 6.03 Å². The van der Waals surface area contributed by atoms with Crippen LogP contribution < -0.4 is 21.1 Å². The highest BCUT2D eigenvalue weighted by Crippen LogP contribution is 2.14. The molecule has 3 heterocycles. The molecule has 0 aliphatic carbocycles. The highest BCUT2D eigenvalue weighted by atomic mass is 16.2. The Kier molecular flexibility index (Phi) is 6.15. The van der Waals surface area contributed by atoms with Crippen molar-refractivity contribution in [2.75, 3.05) is 43.0 Å². The summed E-state index contributed by atoms with van der Waals surface area (Å²) in [4.78, 5) is 28.9. The van der Waals surface area contributed by atoms with Crippen molar-refractivity contribution in [1.82, 2.24) is 30.6 Å². The molecule has 0 bridgehead atoms. The number of nitrogens with zero attached hydrogens (tertiary/aromatic N) is 5. The van der Waals surface area contributed by atoms with Crippen LogP contribution in [0, 0.1) is 0 Å². The molecular formula is C17H24N8O. The molecule has 3 rings (SSSR count). The maximum atomic E-state index is 11.8. The van der Waals surface area contributed by atoms with Crippen molar-refractivity contribution in [1.29, 1.82) is 0 Å². The molecule has 0 atom stereocenters. The number of aromatic nitrogens is 3. The average Bonchev–Trinajstić information content (AvgIpc) is 2.72. The zero-order chi connectivity index (χ0) is 18.2. The number of hydrogen-bond acceptors (Lipinski definition) is 7. The molecule has 1 aliphatic heterocycles. The minimum absolute atomic E-state index is 0.330. The lowest BCUT2D eigenvalue weighted by Crippen LogP contribution is -2.46. The van der Waals surface area contributed by atoms with Crippen LogP contribution in [0.3, 0.4) is 0 Å². The molecule has 1 aliphatic rings. The first-order valence-electron chi connectivity index (χ1n) is 8.73. The largest absolute Gasteiger partial charge is 0.354 e. The fraction of sp³-hybridized carbons (Fsp3) is 0.412. The van der Waals surface area contributed by atoms with Crippen LogP contribution in [-0.2, 0) is 6.54 Å². The molecule has 0 spiro atoms. The lowest BCUT2D eigenvalue weighted by Gasteiger charge is -2.34. The van der Waals surface area contributed by atoms with Crippen molar-refractivity contribution in [3.8, 4) is 0 Å². The van der Waals surface area contributed by atoms with E-state index in [0.717, 1.165) is 44.1 Å². The summed E-state index contributed by atoms with van der Waals surface area (Å²) in [6, 6.07) is 5.33. The van der Waals surface area contributed by atoms with Crippen LogP contribution in [0.4, 0.5) is 16.6 Å². The number of amides is 2. The summed E-state index contributed by atoms with van der Waals surface area (Å²) < 4.78 is 0. The van der Waals surface area contributed by atoms with E-state index >= 15 is 0 Å². The van der Waals surface area contributed by atoms with Crippen LogP contribution in [0.15, 0.2) is 36.8 Å². The summed E-state index contributed by atoms with van der Waals surface area (Å²) in [5, 5.41) is 2.75. The highest BCUT2D eigenvalue weighted by molar-refractivity contribution is 5.74. The number of nitrogens with one attached hydrogen (secondary N) is 3. The standard InChI is InChI=1S/C17H24N8O/c1-2-24-8-10-25(11-9-24)15-5-4-14(12-20-15)13-21-17(26)23-22-16-18-6-3-7-19-16/h3-7,12H,2,8-11,13H2,1H3,(H,18,19,22)(H2,21,23,26). The van der Waals surface area contributed by atoms with Crippen LogP contribution in [0.5, 0.6) is 0 Å². The first kappa shape index (κ1) is 17.9. The summed E-state index contributed by atoms with van der Waals surface area (Å²) in [5.74, 6) is 1.31.